The Labute approximate surface area is 211 Å². The number of hydrazine groups is 1. The van der Waals surface area contributed by atoms with Crippen molar-refractivity contribution < 1.29 is 27.5 Å². The van der Waals surface area contributed by atoms with E-state index in [1.165, 1.54) is 43.3 Å². The average Bonchev–Trinajstić information content (AvgIpc) is 2.85. The van der Waals surface area contributed by atoms with Crippen LogP contribution in [0.3, 0.4) is 0 Å². The van der Waals surface area contributed by atoms with Gasteiger partial charge in [0.05, 0.1) is 22.2 Å². The third-order valence-electron chi connectivity index (χ3n) is 5.10. The monoisotopic (exact) mass is 521 g/mol. The number of anilines is 1. The maximum atomic E-state index is 14.0. The first-order valence-electron chi connectivity index (χ1n) is 10.8. The number of unbranched alkanes of at least 4 members (excludes halogenated alkanes) is 1. The summed E-state index contributed by atoms with van der Waals surface area (Å²) in [4.78, 5) is 25.3. The van der Waals surface area contributed by atoms with Crippen LogP contribution in [0.4, 0.5) is 18.9 Å². The number of nitriles is 2. The van der Waals surface area contributed by atoms with E-state index in [0.717, 1.165) is 0 Å². The molecule has 0 fully saturated rings. The molecule has 3 N–H and O–H groups in total. The maximum Gasteiger partial charge on any atom is 0.417 e. The van der Waals surface area contributed by atoms with Gasteiger partial charge in [-0.3, -0.25) is 20.4 Å². The Hall–Kier alpha value is -3.80. The third kappa shape index (κ3) is 7.35. The SMILES string of the molecule is CCCCO[C@@H]([C@@H](Nc1ccc(C#N)c(Cl)c1C)C(=O)NNC(=O)c1ccc(C#N)cc1)C(F)(F)F. The molecule has 0 spiro atoms. The highest BCUT2D eigenvalue weighted by molar-refractivity contribution is 6.32. The van der Waals surface area contributed by atoms with E-state index < -0.39 is 30.1 Å². The van der Waals surface area contributed by atoms with Crippen molar-refractivity contribution in [2.24, 2.45) is 0 Å². The molecule has 2 aromatic rings. The number of nitrogens with zero attached hydrogens (tertiary/aromatic N) is 2. The van der Waals surface area contributed by atoms with Gasteiger partial charge < -0.3 is 10.1 Å². The molecule has 0 saturated heterocycles. The van der Waals surface area contributed by atoms with E-state index in [2.05, 4.69) is 10.7 Å². The van der Waals surface area contributed by atoms with E-state index in [1.807, 2.05) is 17.6 Å². The topological polar surface area (TPSA) is 127 Å². The van der Waals surface area contributed by atoms with Gasteiger partial charge in [-0.05, 0) is 55.3 Å². The lowest BCUT2D eigenvalue weighted by Gasteiger charge is -2.30. The zero-order chi connectivity index (χ0) is 26.9. The predicted molar refractivity (Wildman–Crippen MR) is 126 cm³/mol. The first kappa shape index (κ1) is 28.4. The number of halogens is 4. The fourth-order valence-electron chi connectivity index (χ4n) is 3.07. The van der Waals surface area contributed by atoms with Crippen molar-refractivity contribution in [2.75, 3.05) is 11.9 Å². The van der Waals surface area contributed by atoms with Gasteiger partial charge in [0.25, 0.3) is 11.8 Å². The number of hydrogen-bond acceptors (Lipinski definition) is 6. The molecule has 0 saturated carbocycles. The molecule has 2 rings (SSSR count). The van der Waals surface area contributed by atoms with Crippen LogP contribution in [0.15, 0.2) is 36.4 Å². The molecule has 12 heteroatoms. The van der Waals surface area contributed by atoms with Gasteiger partial charge in [0, 0.05) is 17.9 Å². The summed E-state index contributed by atoms with van der Waals surface area (Å²) >= 11 is 6.13. The molecule has 0 aliphatic rings. The Morgan fingerprint density at radius 1 is 1.08 bits per heavy atom. The van der Waals surface area contributed by atoms with Gasteiger partial charge >= 0.3 is 6.18 Å². The molecule has 2 amide bonds. The average molecular weight is 522 g/mol. The summed E-state index contributed by atoms with van der Waals surface area (Å²) in [6.07, 6.45) is -6.60. The van der Waals surface area contributed by atoms with Crippen LogP contribution < -0.4 is 16.2 Å². The van der Waals surface area contributed by atoms with E-state index >= 15 is 0 Å². The number of benzene rings is 2. The first-order chi connectivity index (χ1) is 17.0. The molecule has 8 nitrogen and oxygen atoms in total. The number of carbonyl (C=O) groups excluding carboxylic acids is 2. The van der Waals surface area contributed by atoms with Crippen LogP contribution in [-0.4, -0.2) is 36.7 Å². The second-order valence-electron chi connectivity index (χ2n) is 7.65. The summed E-state index contributed by atoms with van der Waals surface area (Å²) in [5.74, 6) is -2.03. The van der Waals surface area contributed by atoms with Crippen molar-refractivity contribution >= 4 is 29.1 Å². The standard InChI is InChI=1S/C24H23ClF3N5O3/c1-3-4-11-36-21(24(26,27)28)20(31-18-10-9-17(13-30)19(25)14(18)2)23(35)33-32-22(34)16-7-5-15(12-29)6-8-16/h5-10,20-21,31H,3-4,11H2,1-2H3,(H,32,34)(H,33,35)/t20-,21+/m1/s1. The second-order valence-corrected chi connectivity index (χ2v) is 8.03. The fourth-order valence-corrected chi connectivity index (χ4v) is 3.28. The smallest absolute Gasteiger partial charge is 0.371 e. The van der Waals surface area contributed by atoms with Gasteiger partial charge in [-0.1, -0.05) is 24.9 Å². The van der Waals surface area contributed by atoms with Gasteiger partial charge in [-0.25, -0.2) is 0 Å². The molecule has 0 aromatic heterocycles. The molecule has 0 unspecified atom stereocenters. The highest BCUT2D eigenvalue weighted by atomic mass is 35.5. The summed E-state index contributed by atoms with van der Waals surface area (Å²) in [6, 6.07) is 9.76. The maximum absolute atomic E-state index is 14.0. The van der Waals surface area contributed by atoms with Crippen LogP contribution in [-0.2, 0) is 9.53 Å². The molecule has 0 heterocycles. The highest BCUT2D eigenvalue weighted by Crippen LogP contribution is 2.31. The Balaban J connectivity index is 2.33. The molecule has 0 bridgehead atoms. The molecule has 36 heavy (non-hydrogen) atoms. The molecular weight excluding hydrogens is 499 g/mol. The van der Waals surface area contributed by atoms with Gasteiger partial charge in [0.2, 0.25) is 0 Å². The van der Waals surface area contributed by atoms with E-state index in [4.69, 9.17) is 26.9 Å². The van der Waals surface area contributed by atoms with Crippen molar-refractivity contribution in [1.29, 1.82) is 10.5 Å². The van der Waals surface area contributed by atoms with Crippen molar-refractivity contribution in [1.82, 2.24) is 10.9 Å². The number of rotatable bonds is 9. The fraction of sp³-hybridized carbons (Fsp3) is 0.333. The van der Waals surface area contributed by atoms with E-state index in [9.17, 15) is 22.8 Å². The minimum absolute atomic E-state index is 0.0197. The van der Waals surface area contributed by atoms with E-state index in [-0.39, 0.29) is 34.0 Å². The van der Waals surface area contributed by atoms with Crippen LogP contribution in [0.5, 0.6) is 0 Å². The lowest BCUT2D eigenvalue weighted by Crippen LogP contribution is -2.57. The summed E-state index contributed by atoms with van der Waals surface area (Å²) in [6.45, 7) is 3.00. The Morgan fingerprint density at radius 2 is 1.75 bits per heavy atom. The van der Waals surface area contributed by atoms with Gasteiger partial charge in [-0.15, -0.1) is 0 Å². The lowest BCUT2D eigenvalue weighted by molar-refractivity contribution is -0.224. The van der Waals surface area contributed by atoms with Crippen LogP contribution in [0.25, 0.3) is 0 Å². The normalized spacial score (nSPS) is 12.6. The third-order valence-corrected chi connectivity index (χ3v) is 5.58. The number of hydrogen-bond donors (Lipinski definition) is 3. The number of ether oxygens (including phenoxy) is 1. The van der Waals surface area contributed by atoms with Gasteiger partial charge in [-0.2, -0.15) is 23.7 Å². The molecule has 190 valence electrons. The molecule has 0 radical (unpaired) electrons. The first-order valence-corrected chi connectivity index (χ1v) is 11.2. The minimum Gasteiger partial charge on any atom is -0.371 e. The van der Waals surface area contributed by atoms with Crippen molar-refractivity contribution in [3.05, 3.63) is 63.7 Å². The van der Waals surface area contributed by atoms with E-state index in [1.54, 1.807) is 6.92 Å². The van der Waals surface area contributed by atoms with Crippen LogP contribution >= 0.6 is 11.6 Å². The van der Waals surface area contributed by atoms with Crippen LogP contribution in [0.1, 0.15) is 46.8 Å². The minimum atomic E-state index is -4.94. The Bertz CT molecular complexity index is 1170. The number of alkyl halides is 3. The molecule has 2 atom stereocenters. The summed E-state index contributed by atoms with van der Waals surface area (Å²) in [5.41, 5.74) is 4.88. The van der Waals surface area contributed by atoms with E-state index in [0.29, 0.717) is 18.4 Å². The number of nitrogens with one attached hydrogen (secondary N) is 3. The van der Waals surface area contributed by atoms with Crippen molar-refractivity contribution in [3.8, 4) is 12.1 Å². The number of carbonyl (C=O) groups is 2. The Morgan fingerprint density at radius 3 is 2.31 bits per heavy atom. The Kier molecular flexibility index (Phi) is 10.1. The summed E-state index contributed by atoms with van der Waals surface area (Å²) in [5, 5.41) is 20.5. The molecule has 2 aromatic carbocycles. The summed E-state index contributed by atoms with van der Waals surface area (Å²) < 4.78 is 47.0. The van der Waals surface area contributed by atoms with Crippen molar-refractivity contribution in [2.45, 2.75) is 45.0 Å². The molecule has 0 aliphatic heterocycles. The quantitative estimate of drug-likeness (QED) is 0.332. The van der Waals surface area contributed by atoms with Gasteiger partial charge in [0.15, 0.2) is 6.10 Å². The highest BCUT2D eigenvalue weighted by Gasteiger charge is 2.49. The van der Waals surface area contributed by atoms with Crippen LogP contribution in [0.2, 0.25) is 5.02 Å². The van der Waals surface area contributed by atoms with Crippen LogP contribution in [0, 0.1) is 29.6 Å². The van der Waals surface area contributed by atoms with Crippen molar-refractivity contribution in [3.63, 3.8) is 0 Å². The zero-order valence-corrected chi connectivity index (χ0v) is 20.1. The molecule has 0 aliphatic carbocycles. The van der Waals surface area contributed by atoms with Gasteiger partial charge in [0.1, 0.15) is 12.1 Å². The largest absolute Gasteiger partial charge is 0.417 e. The zero-order valence-electron chi connectivity index (χ0n) is 19.4. The summed E-state index contributed by atoms with van der Waals surface area (Å²) in [7, 11) is 0. The molecular formula is C24H23ClF3N5O3. The lowest BCUT2D eigenvalue weighted by atomic mass is 10.1. The second kappa shape index (κ2) is 12.8. The predicted octanol–water partition coefficient (Wildman–Crippen LogP) is 4.38. The number of amides is 2.